The molecule has 0 spiro atoms. The number of aryl methyl sites for hydroxylation is 1. The van der Waals surface area contributed by atoms with Crippen LogP contribution in [0, 0.1) is 12.7 Å². The van der Waals surface area contributed by atoms with Gasteiger partial charge in [0.05, 0.1) is 11.3 Å². The molecular formula is C16H15FN2OS. The summed E-state index contributed by atoms with van der Waals surface area (Å²) in [6.45, 7) is 2.02. The van der Waals surface area contributed by atoms with Crippen LogP contribution in [0.2, 0.25) is 0 Å². The van der Waals surface area contributed by atoms with Gasteiger partial charge >= 0.3 is 0 Å². The van der Waals surface area contributed by atoms with Gasteiger partial charge in [0.1, 0.15) is 11.5 Å². The number of aromatic nitrogens is 1. The summed E-state index contributed by atoms with van der Waals surface area (Å²) in [5, 5.41) is 0.954. The predicted octanol–water partition coefficient (Wildman–Crippen LogP) is 4.09. The zero-order valence-electron chi connectivity index (χ0n) is 11.5. The van der Waals surface area contributed by atoms with Crippen LogP contribution in [0.5, 0.6) is 0 Å². The second kappa shape index (κ2) is 5.79. The molecule has 2 aromatic heterocycles. The Bertz CT molecular complexity index is 719. The van der Waals surface area contributed by atoms with Crippen LogP contribution in [0.4, 0.5) is 4.39 Å². The van der Waals surface area contributed by atoms with Crippen LogP contribution in [0.25, 0.3) is 11.5 Å². The molecular weight excluding hydrogens is 287 g/mol. The summed E-state index contributed by atoms with van der Waals surface area (Å²) < 4.78 is 18.3. The van der Waals surface area contributed by atoms with Crippen molar-refractivity contribution in [2.75, 3.05) is 0 Å². The number of hydrogen-bond acceptors (Lipinski definition) is 4. The fraction of sp³-hybridized carbons (Fsp3) is 0.188. The molecule has 0 aliphatic carbocycles. The van der Waals surface area contributed by atoms with E-state index >= 15 is 0 Å². The Kier molecular flexibility index (Phi) is 3.86. The average molecular weight is 302 g/mol. The Labute approximate surface area is 126 Å². The summed E-state index contributed by atoms with van der Waals surface area (Å²) in [7, 11) is 0. The third-order valence-electron chi connectivity index (χ3n) is 3.29. The van der Waals surface area contributed by atoms with Crippen molar-refractivity contribution in [1.29, 1.82) is 0 Å². The molecule has 3 aromatic rings. The minimum atomic E-state index is -0.254. The maximum absolute atomic E-state index is 12.9. The maximum atomic E-state index is 12.9. The lowest BCUT2D eigenvalue weighted by molar-refractivity contribution is 0.579. The van der Waals surface area contributed by atoms with Crippen molar-refractivity contribution >= 4 is 11.3 Å². The highest BCUT2D eigenvalue weighted by Gasteiger charge is 2.15. The van der Waals surface area contributed by atoms with E-state index in [2.05, 4.69) is 4.98 Å². The van der Waals surface area contributed by atoms with E-state index in [9.17, 15) is 4.39 Å². The molecule has 2 heterocycles. The lowest BCUT2D eigenvalue weighted by Crippen LogP contribution is -2.13. The minimum Gasteiger partial charge on any atom is -0.463 e. The van der Waals surface area contributed by atoms with Gasteiger partial charge in [-0.05, 0) is 36.8 Å². The predicted molar refractivity (Wildman–Crippen MR) is 81.6 cm³/mol. The summed E-state index contributed by atoms with van der Waals surface area (Å²) in [5.41, 5.74) is 7.95. The number of hydrogen-bond donors (Lipinski definition) is 1. The van der Waals surface area contributed by atoms with Crippen LogP contribution in [-0.2, 0) is 6.42 Å². The van der Waals surface area contributed by atoms with Gasteiger partial charge in [-0.25, -0.2) is 9.37 Å². The highest BCUT2D eigenvalue weighted by Crippen LogP contribution is 2.29. The van der Waals surface area contributed by atoms with E-state index in [1.165, 1.54) is 12.1 Å². The molecule has 0 radical (unpaired) electrons. The highest BCUT2D eigenvalue weighted by atomic mass is 32.1. The first-order valence-corrected chi connectivity index (χ1v) is 7.46. The lowest BCUT2D eigenvalue weighted by Gasteiger charge is -2.09. The van der Waals surface area contributed by atoms with Crippen LogP contribution < -0.4 is 5.73 Å². The molecule has 0 bridgehead atoms. The summed E-state index contributed by atoms with van der Waals surface area (Å²) in [6, 6.07) is 9.83. The van der Waals surface area contributed by atoms with Gasteiger partial charge in [0.2, 0.25) is 0 Å². The van der Waals surface area contributed by atoms with Crippen molar-refractivity contribution < 1.29 is 8.81 Å². The Morgan fingerprint density at radius 2 is 2.05 bits per heavy atom. The van der Waals surface area contributed by atoms with E-state index in [1.807, 2.05) is 19.1 Å². The maximum Gasteiger partial charge on any atom is 0.153 e. The Morgan fingerprint density at radius 3 is 2.71 bits per heavy atom. The molecule has 108 valence electrons. The van der Waals surface area contributed by atoms with Gasteiger partial charge in [0.15, 0.2) is 5.76 Å². The smallest absolute Gasteiger partial charge is 0.153 e. The van der Waals surface area contributed by atoms with Crippen molar-refractivity contribution in [3.63, 3.8) is 0 Å². The first kappa shape index (κ1) is 14.0. The molecule has 0 amide bonds. The fourth-order valence-electron chi connectivity index (χ4n) is 2.20. The molecule has 0 saturated carbocycles. The Hall–Kier alpha value is -1.98. The van der Waals surface area contributed by atoms with Crippen LogP contribution in [-0.4, -0.2) is 4.98 Å². The van der Waals surface area contributed by atoms with Gasteiger partial charge in [-0.3, -0.25) is 0 Å². The number of benzene rings is 1. The first-order valence-electron chi connectivity index (χ1n) is 6.64. The normalized spacial score (nSPS) is 12.5. The average Bonchev–Trinajstić information content (AvgIpc) is 3.09. The Balaban J connectivity index is 1.79. The SMILES string of the molecule is Cc1sc(CC(N)c2ccc(F)cc2)nc1-c1ccco1. The molecule has 0 saturated heterocycles. The molecule has 3 rings (SSSR count). The number of rotatable bonds is 4. The van der Waals surface area contributed by atoms with E-state index in [1.54, 1.807) is 29.7 Å². The van der Waals surface area contributed by atoms with E-state index in [0.717, 1.165) is 26.9 Å². The van der Waals surface area contributed by atoms with Gasteiger partial charge in [-0.2, -0.15) is 0 Å². The van der Waals surface area contributed by atoms with E-state index in [0.29, 0.717) is 6.42 Å². The zero-order valence-corrected chi connectivity index (χ0v) is 12.4. The molecule has 1 aromatic carbocycles. The lowest BCUT2D eigenvalue weighted by atomic mass is 10.1. The highest BCUT2D eigenvalue weighted by molar-refractivity contribution is 7.12. The topological polar surface area (TPSA) is 52.0 Å². The standard InChI is InChI=1S/C16H15FN2OS/c1-10-16(14-3-2-8-20-14)19-15(21-10)9-13(18)11-4-6-12(17)7-5-11/h2-8,13H,9,18H2,1H3. The van der Waals surface area contributed by atoms with Gasteiger partial charge in [-0.15, -0.1) is 11.3 Å². The van der Waals surface area contributed by atoms with Gasteiger partial charge in [0.25, 0.3) is 0 Å². The molecule has 3 nitrogen and oxygen atoms in total. The van der Waals surface area contributed by atoms with Gasteiger partial charge < -0.3 is 10.2 Å². The number of thiazole rings is 1. The number of nitrogens with zero attached hydrogens (tertiary/aromatic N) is 1. The molecule has 1 atom stereocenters. The molecule has 1 unspecified atom stereocenters. The monoisotopic (exact) mass is 302 g/mol. The number of furan rings is 1. The van der Waals surface area contributed by atoms with Crippen molar-refractivity contribution in [3.8, 4) is 11.5 Å². The van der Waals surface area contributed by atoms with Crippen LogP contribution in [0.3, 0.4) is 0 Å². The third-order valence-corrected chi connectivity index (χ3v) is 4.28. The van der Waals surface area contributed by atoms with Gasteiger partial charge in [-0.1, -0.05) is 12.1 Å². The molecule has 0 fully saturated rings. The third kappa shape index (κ3) is 3.04. The Morgan fingerprint density at radius 1 is 1.29 bits per heavy atom. The number of halogens is 1. The summed E-state index contributed by atoms with van der Waals surface area (Å²) in [4.78, 5) is 5.71. The van der Waals surface area contributed by atoms with Crippen molar-refractivity contribution in [1.82, 2.24) is 4.98 Å². The van der Waals surface area contributed by atoms with Crippen molar-refractivity contribution in [2.24, 2.45) is 5.73 Å². The van der Waals surface area contributed by atoms with E-state index in [-0.39, 0.29) is 11.9 Å². The summed E-state index contributed by atoms with van der Waals surface area (Å²) >= 11 is 1.61. The quantitative estimate of drug-likeness (QED) is 0.789. The van der Waals surface area contributed by atoms with Crippen molar-refractivity contribution in [3.05, 3.63) is 63.9 Å². The fourth-order valence-corrected chi connectivity index (χ4v) is 3.19. The van der Waals surface area contributed by atoms with Gasteiger partial charge in [0, 0.05) is 17.3 Å². The van der Waals surface area contributed by atoms with E-state index < -0.39 is 0 Å². The van der Waals surface area contributed by atoms with Crippen LogP contribution in [0.1, 0.15) is 21.5 Å². The largest absolute Gasteiger partial charge is 0.463 e. The molecule has 2 N–H and O–H groups in total. The van der Waals surface area contributed by atoms with Crippen LogP contribution >= 0.6 is 11.3 Å². The molecule has 5 heteroatoms. The second-order valence-electron chi connectivity index (χ2n) is 4.85. The second-order valence-corrected chi connectivity index (χ2v) is 6.14. The zero-order chi connectivity index (χ0) is 14.8. The summed E-state index contributed by atoms with van der Waals surface area (Å²) in [5.74, 6) is 0.515. The van der Waals surface area contributed by atoms with E-state index in [4.69, 9.17) is 10.2 Å². The molecule has 0 aliphatic rings. The molecule has 0 aliphatic heterocycles. The number of nitrogens with two attached hydrogens (primary N) is 1. The molecule has 21 heavy (non-hydrogen) atoms. The van der Waals surface area contributed by atoms with Crippen molar-refractivity contribution in [2.45, 2.75) is 19.4 Å². The first-order chi connectivity index (χ1) is 10.1. The van der Waals surface area contributed by atoms with Crippen LogP contribution in [0.15, 0.2) is 47.1 Å². The summed E-state index contributed by atoms with van der Waals surface area (Å²) in [6.07, 6.45) is 2.26. The minimum absolute atomic E-state index is 0.194.